The van der Waals surface area contributed by atoms with Crippen LogP contribution in [0.25, 0.3) is 0 Å². The highest BCUT2D eigenvalue weighted by Crippen LogP contribution is 2.36. The number of ether oxygens (including phenoxy) is 3. The molecular formula is C17H19BrO5. The second kappa shape index (κ2) is 8.08. The van der Waals surface area contributed by atoms with Gasteiger partial charge in [0.25, 0.3) is 0 Å². The lowest BCUT2D eigenvalue weighted by Crippen LogP contribution is -2.26. The molecule has 0 unspecified atom stereocenters. The first-order chi connectivity index (χ1) is 11.1. The van der Waals surface area contributed by atoms with Gasteiger partial charge in [-0.25, -0.2) is 0 Å². The molecule has 5 nitrogen and oxygen atoms in total. The zero-order chi connectivity index (χ0) is 16.8. The molecule has 2 aromatic rings. The van der Waals surface area contributed by atoms with E-state index in [9.17, 15) is 10.2 Å². The van der Waals surface area contributed by atoms with E-state index in [1.165, 1.54) is 7.11 Å². The van der Waals surface area contributed by atoms with Crippen molar-refractivity contribution < 1.29 is 24.4 Å². The zero-order valence-corrected chi connectivity index (χ0v) is 14.5. The van der Waals surface area contributed by atoms with E-state index in [0.29, 0.717) is 17.2 Å². The zero-order valence-electron chi connectivity index (χ0n) is 12.9. The van der Waals surface area contributed by atoms with Gasteiger partial charge in [0.2, 0.25) is 0 Å². The fraction of sp³-hybridized carbons (Fsp3) is 0.294. The van der Waals surface area contributed by atoms with E-state index in [-0.39, 0.29) is 17.2 Å². The largest absolute Gasteiger partial charge is 0.504 e. The van der Waals surface area contributed by atoms with Gasteiger partial charge in [0.05, 0.1) is 25.7 Å². The molecule has 0 amide bonds. The highest BCUT2D eigenvalue weighted by molar-refractivity contribution is 9.09. The molecule has 0 aliphatic rings. The molecule has 0 bridgehead atoms. The normalized spacial score (nSPS) is 13.2. The molecule has 2 rings (SSSR count). The van der Waals surface area contributed by atoms with Crippen molar-refractivity contribution in [2.45, 2.75) is 10.9 Å². The van der Waals surface area contributed by atoms with Gasteiger partial charge in [-0.3, -0.25) is 0 Å². The van der Waals surface area contributed by atoms with Gasteiger partial charge in [-0.1, -0.05) is 34.1 Å². The van der Waals surface area contributed by atoms with E-state index in [0.717, 1.165) is 5.56 Å². The summed E-state index contributed by atoms with van der Waals surface area (Å²) in [6.45, 7) is -0.197. The first kappa shape index (κ1) is 17.4. The first-order valence-electron chi connectivity index (χ1n) is 7.02. The molecule has 2 N–H and O–H groups in total. The van der Waals surface area contributed by atoms with Gasteiger partial charge in [-0.05, 0) is 29.8 Å². The number of benzene rings is 2. The van der Waals surface area contributed by atoms with Crippen molar-refractivity contribution >= 4 is 15.9 Å². The van der Waals surface area contributed by atoms with Crippen molar-refractivity contribution in [2.75, 3.05) is 20.8 Å². The van der Waals surface area contributed by atoms with Crippen LogP contribution in [0.3, 0.4) is 0 Å². The van der Waals surface area contributed by atoms with Crippen LogP contribution in [0.2, 0.25) is 0 Å². The van der Waals surface area contributed by atoms with Crippen molar-refractivity contribution in [1.82, 2.24) is 0 Å². The van der Waals surface area contributed by atoms with Crippen molar-refractivity contribution in [3.05, 3.63) is 48.0 Å². The lowest BCUT2D eigenvalue weighted by atomic mass is 10.1. The minimum Gasteiger partial charge on any atom is -0.504 e. The van der Waals surface area contributed by atoms with Gasteiger partial charge in [-0.2, -0.15) is 0 Å². The standard InChI is InChI=1S/C17H19BrO5/c1-21-13-5-3-4-6-14(13)23-16(10-19)17(18)11-7-8-12(20)15(9-11)22-2/h3-9,16-17,19-20H,10H2,1-2H3/t16-,17+/m0/s1. The number of hydrogen-bond acceptors (Lipinski definition) is 5. The second-order valence-electron chi connectivity index (χ2n) is 4.82. The molecule has 0 spiro atoms. The molecule has 0 aliphatic carbocycles. The Kier molecular flexibility index (Phi) is 6.12. The van der Waals surface area contributed by atoms with Gasteiger partial charge in [0, 0.05) is 0 Å². The minimum atomic E-state index is -0.541. The Hall–Kier alpha value is -1.92. The molecule has 0 aliphatic heterocycles. The Labute approximate surface area is 143 Å². The number of phenolic OH excluding ortho intramolecular Hbond substituents is 1. The Morgan fingerprint density at radius 2 is 1.65 bits per heavy atom. The number of para-hydroxylation sites is 2. The summed E-state index contributed by atoms with van der Waals surface area (Å²) < 4.78 is 16.2. The van der Waals surface area contributed by atoms with Gasteiger partial charge >= 0.3 is 0 Å². The quantitative estimate of drug-likeness (QED) is 0.719. The maximum absolute atomic E-state index is 9.69. The van der Waals surface area contributed by atoms with Crippen LogP contribution in [0.4, 0.5) is 0 Å². The van der Waals surface area contributed by atoms with Crippen LogP contribution in [-0.2, 0) is 0 Å². The molecule has 0 heterocycles. The molecule has 0 saturated carbocycles. The Balaban J connectivity index is 2.23. The fourth-order valence-electron chi connectivity index (χ4n) is 2.15. The van der Waals surface area contributed by atoms with Crippen molar-refractivity contribution in [2.24, 2.45) is 0 Å². The number of halogens is 1. The van der Waals surface area contributed by atoms with Gasteiger partial charge in [-0.15, -0.1) is 0 Å². The molecule has 6 heteroatoms. The third-order valence-electron chi connectivity index (χ3n) is 3.38. The number of methoxy groups -OCH3 is 2. The Morgan fingerprint density at radius 3 is 2.26 bits per heavy atom. The van der Waals surface area contributed by atoms with Crippen LogP contribution in [-0.4, -0.2) is 37.1 Å². The minimum absolute atomic E-state index is 0.0575. The van der Waals surface area contributed by atoms with Crippen LogP contribution < -0.4 is 14.2 Å². The number of aliphatic hydroxyl groups excluding tert-OH is 1. The SMILES string of the molecule is COc1cc([C@@H](Br)[C@H](CO)Oc2ccccc2OC)ccc1O. The maximum Gasteiger partial charge on any atom is 0.161 e. The average Bonchev–Trinajstić information content (AvgIpc) is 2.59. The summed E-state index contributed by atoms with van der Waals surface area (Å²) >= 11 is 3.54. The molecule has 0 fully saturated rings. The number of aromatic hydroxyl groups is 1. The summed E-state index contributed by atoms with van der Waals surface area (Å²) in [6, 6.07) is 12.2. The number of phenols is 1. The summed E-state index contributed by atoms with van der Waals surface area (Å²) in [5.74, 6) is 1.56. The molecular weight excluding hydrogens is 364 g/mol. The van der Waals surface area contributed by atoms with Gasteiger partial charge in [0.1, 0.15) is 6.10 Å². The lowest BCUT2D eigenvalue weighted by molar-refractivity contribution is 0.111. The molecule has 2 aromatic carbocycles. The summed E-state index contributed by atoms with van der Waals surface area (Å²) in [5, 5.41) is 19.4. The maximum atomic E-state index is 9.69. The summed E-state index contributed by atoms with van der Waals surface area (Å²) in [5.41, 5.74) is 0.814. The van der Waals surface area contributed by atoms with Crippen LogP contribution in [0.15, 0.2) is 42.5 Å². The number of rotatable bonds is 7. The van der Waals surface area contributed by atoms with Crippen molar-refractivity contribution in [3.8, 4) is 23.0 Å². The van der Waals surface area contributed by atoms with E-state index in [1.54, 1.807) is 37.4 Å². The lowest BCUT2D eigenvalue weighted by Gasteiger charge is -2.24. The number of aliphatic hydroxyl groups is 1. The summed E-state index contributed by atoms with van der Waals surface area (Å²) in [6.07, 6.45) is -0.541. The third kappa shape index (κ3) is 4.09. The molecule has 23 heavy (non-hydrogen) atoms. The third-order valence-corrected chi connectivity index (χ3v) is 4.49. The predicted molar refractivity (Wildman–Crippen MR) is 90.8 cm³/mol. The van der Waals surface area contributed by atoms with Crippen LogP contribution in [0.5, 0.6) is 23.0 Å². The van der Waals surface area contributed by atoms with E-state index in [1.807, 2.05) is 12.1 Å². The topological polar surface area (TPSA) is 68.2 Å². The predicted octanol–water partition coefficient (Wildman–Crippen LogP) is 3.29. The molecule has 0 aromatic heterocycles. The smallest absolute Gasteiger partial charge is 0.161 e. The van der Waals surface area contributed by atoms with E-state index in [2.05, 4.69) is 15.9 Å². The van der Waals surface area contributed by atoms with Crippen LogP contribution in [0, 0.1) is 0 Å². The average molecular weight is 383 g/mol. The monoisotopic (exact) mass is 382 g/mol. The number of alkyl halides is 1. The molecule has 2 atom stereocenters. The Bertz CT molecular complexity index is 647. The van der Waals surface area contributed by atoms with E-state index in [4.69, 9.17) is 14.2 Å². The number of hydrogen-bond donors (Lipinski definition) is 2. The van der Waals surface area contributed by atoms with Crippen molar-refractivity contribution in [1.29, 1.82) is 0 Å². The molecule has 0 radical (unpaired) electrons. The first-order valence-corrected chi connectivity index (χ1v) is 7.93. The highest BCUT2D eigenvalue weighted by Gasteiger charge is 2.24. The van der Waals surface area contributed by atoms with Gasteiger partial charge in [0.15, 0.2) is 23.0 Å². The van der Waals surface area contributed by atoms with Crippen LogP contribution >= 0.6 is 15.9 Å². The highest BCUT2D eigenvalue weighted by atomic mass is 79.9. The summed E-state index contributed by atoms with van der Waals surface area (Å²) in [4.78, 5) is -0.299. The Morgan fingerprint density at radius 1 is 1.00 bits per heavy atom. The van der Waals surface area contributed by atoms with Gasteiger partial charge < -0.3 is 24.4 Å². The summed E-state index contributed by atoms with van der Waals surface area (Å²) in [7, 11) is 3.05. The van der Waals surface area contributed by atoms with E-state index >= 15 is 0 Å². The second-order valence-corrected chi connectivity index (χ2v) is 5.81. The fourth-order valence-corrected chi connectivity index (χ4v) is 2.71. The van der Waals surface area contributed by atoms with Crippen LogP contribution in [0.1, 0.15) is 10.4 Å². The molecule has 124 valence electrons. The van der Waals surface area contributed by atoms with Crippen molar-refractivity contribution in [3.63, 3.8) is 0 Å². The molecule has 0 saturated heterocycles. The van der Waals surface area contributed by atoms with E-state index < -0.39 is 6.10 Å².